The summed E-state index contributed by atoms with van der Waals surface area (Å²) in [6.45, 7) is 3.18. The lowest BCUT2D eigenvalue weighted by Crippen LogP contribution is -2.41. The largest absolute Gasteiger partial charge is 0.495 e. The van der Waals surface area contributed by atoms with E-state index in [1.54, 1.807) is 13.3 Å². The van der Waals surface area contributed by atoms with Gasteiger partial charge in [-0.05, 0) is 48.7 Å². The summed E-state index contributed by atoms with van der Waals surface area (Å²) in [5.74, 6) is 3.17. The molecule has 0 amide bonds. The van der Waals surface area contributed by atoms with Gasteiger partial charge in [-0.3, -0.25) is 4.98 Å². The van der Waals surface area contributed by atoms with E-state index in [9.17, 15) is 0 Å². The van der Waals surface area contributed by atoms with Crippen molar-refractivity contribution in [3.8, 4) is 23.0 Å². The molecule has 7 nitrogen and oxygen atoms in total. The molecule has 0 spiro atoms. The van der Waals surface area contributed by atoms with Gasteiger partial charge in [0.05, 0.1) is 31.5 Å². The van der Waals surface area contributed by atoms with Gasteiger partial charge in [0.2, 0.25) is 0 Å². The molecule has 0 aliphatic carbocycles. The molecule has 3 aromatic rings. The monoisotopic (exact) mass is 436 g/mol. The van der Waals surface area contributed by atoms with Crippen LogP contribution in [0.25, 0.3) is 10.9 Å². The van der Waals surface area contributed by atoms with E-state index in [0.717, 1.165) is 53.3 Å². The van der Waals surface area contributed by atoms with Crippen molar-refractivity contribution in [2.45, 2.75) is 31.5 Å². The molecular formula is C25H28N2O5. The standard InChI is InChI=1S/C25H28N2O5/c1-28-20-12-21-22(27-14-20)3-2-4-23(21)32-16-19-7-6-18(15-31-19)26-13-17-5-8-24-25(11-17)30-10-9-29-24/h2-5,8,11-12,14,18-19,26H,6-7,9-10,13,15-16H2,1H3/t18-,19+/m1/s1. The average Bonchev–Trinajstić information content (AvgIpc) is 2.86. The summed E-state index contributed by atoms with van der Waals surface area (Å²) in [5, 5.41) is 4.54. The van der Waals surface area contributed by atoms with Crippen LogP contribution in [-0.4, -0.2) is 50.7 Å². The predicted octanol–water partition coefficient (Wildman–Crippen LogP) is 3.73. The molecule has 32 heavy (non-hydrogen) atoms. The second kappa shape index (κ2) is 9.63. The van der Waals surface area contributed by atoms with Crippen LogP contribution < -0.4 is 24.3 Å². The first-order chi connectivity index (χ1) is 15.8. The van der Waals surface area contributed by atoms with Crippen LogP contribution in [0.4, 0.5) is 0 Å². The van der Waals surface area contributed by atoms with Crippen molar-refractivity contribution in [1.82, 2.24) is 10.3 Å². The number of nitrogens with one attached hydrogen (secondary N) is 1. The summed E-state index contributed by atoms with van der Waals surface area (Å²) in [6.07, 6.45) is 3.79. The average molecular weight is 437 g/mol. The Morgan fingerprint density at radius 1 is 1.06 bits per heavy atom. The third-order valence-electron chi connectivity index (χ3n) is 5.89. The molecule has 0 bridgehead atoms. The van der Waals surface area contributed by atoms with Gasteiger partial charge in [0.1, 0.15) is 31.3 Å². The zero-order chi connectivity index (χ0) is 21.8. The Hall–Kier alpha value is -3.03. The smallest absolute Gasteiger partial charge is 0.161 e. The number of fused-ring (bicyclic) bond motifs is 2. The second-order valence-corrected chi connectivity index (χ2v) is 8.10. The van der Waals surface area contributed by atoms with Crippen LogP contribution in [0.2, 0.25) is 0 Å². The Balaban J connectivity index is 1.10. The number of aromatic nitrogens is 1. The highest BCUT2D eigenvalue weighted by Gasteiger charge is 2.22. The van der Waals surface area contributed by atoms with E-state index in [1.165, 1.54) is 5.56 Å². The van der Waals surface area contributed by atoms with Crippen molar-refractivity contribution in [2.24, 2.45) is 0 Å². The molecular weight excluding hydrogens is 408 g/mol. The topological polar surface area (TPSA) is 71.1 Å². The quantitative estimate of drug-likeness (QED) is 0.605. The Labute approximate surface area is 187 Å². The van der Waals surface area contributed by atoms with E-state index in [4.69, 9.17) is 23.7 Å². The van der Waals surface area contributed by atoms with Gasteiger partial charge < -0.3 is 29.0 Å². The summed E-state index contributed by atoms with van der Waals surface area (Å²) in [4.78, 5) is 4.43. The van der Waals surface area contributed by atoms with Crippen molar-refractivity contribution in [2.75, 3.05) is 33.5 Å². The fraction of sp³-hybridized carbons (Fsp3) is 0.400. The first kappa shape index (κ1) is 20.8. The molecule has 2 aromatic carbocycles. The fourth-order valence-corrected chi connectivity index (χ4v) is 4.08. The minimum atomic E-state index is 0.0798. The van der Waals surface area contributed by atoms with Crippen LogP contribution in [0.3, 0.4) is 0 Å². The molecule has 2 aliphatic heterocycles. The first-order valence-electron chi connectivity index (χ1n) is 11.1. The second-order valence-electron chi connectivity index (χ2n) is 8.10. The predicted molar refractivity (Wildman–Crippen MR) is 121 cm³/mol. The molecule has 1 saturated heterocycles. The zero-order valence-corrected chi connectivity index (χ0v) is 18.2. The summed E-state index contributed by atoms with van der Waals surface area (Å²) in [7, 11) is 1.64. The highest BCUT2D eigenvalue weighted by atomic mass is 16.6. The van der Waals surface area contributed by atoms with E-state index in [-0.39, 0.29) is 6.10 Å². The molecule has 0 radical (unpaired) electrons. The van der Waals surface area contributed by atoms with Crippen molar-refractivity contribution >= 4 is 10.9 Å². The van der Waals surface area contributed by atoms with E-state index in [1.807, 2.05) is 30.3 Å². The lowest BCUT2D eigenvalue weighted by molar-refractivity contribution is -0.0261. The maximum atomic E-state index is 6.11. The van der Waals surface area contributed by atoms with Crippen LogP contribution >= 0.6 is 0 Å². The van der Waals surface area contributed by atoms with E-state index in [0.29, 0.717) is 32.5 Å². The Bertz CT molecular complexity index is 1070. The molecule has 7 heteroatoms. The van der Waals surface area contributed by atoms with Crippen LogP contribution in [-0.2, 0) is 11.3 Å². The first-order valence-corrected chi connectivity index (χ1v) is 11.1. The van der Waals surface area contributed by atoms with Gasteiger partial charge in [-0.15, -0.1) is 0 Å². The van der Waals surface area contributed by atoms with Gasteiger partial charge in [-0.25, -0.2) is 0 Å². The maximum Gasteiger partial charge on any atom is 0.161 e. The van der Waals surface area contributed by atoms with Crippen LogP contribution in [0, 0.1) is 0 Å². The Morgan fingerprint density at radius 2 is 1.97 bits per heavy atom. The van der Waals surface area contributed by atoms with Crippen molar-refractivity contribution < 1.29 is 23.7 Å². The number of benzene rings is 2. The fourth-order valence-electron chi connectivity index (χ4n) is 4.08. The van der Waals surface area contributed by atoms with Gasteiger partial charge in [0.25, 0.3) is 0 Å². The highest BCUT2D eigenvalue weighted by Crippen LogP contribution is 2.31. The molecule has 0 unspecified atom stereocenters. The third kappa shape index (κ3) is 4.74. The minimum Gasteiger partial charge on any atom is -0.495 e. The molecule has 3 heterocycles. The number of hydrogen-bond acceptors (Lipinski definition) is 7. The van der Waals surface area contributed by atoms with Crippen LogP contribution in [0.15, 0.2) is 48.7 Å². The summed E-state index contributed by atoms with van der Waals surface area (Å²) in [6, 6.07) is 14.3. The molecule has 2 aliphatic rings. The normalized spacial score (nSPS) is 20.2. The van der Waals surface area contributed by atoms with Gasteiger partial charge in [-0.2, -0.15) is 0 Å². The number of rotatable bonds is 7. The number of pyridine rings is 1. The third-order valence-corrected chi connectivity index (χ3v) is 5.89. The van der Waals surface area contributed by atoms with E-state index >= 15 is 0 Å². The van der Waals surface area contributed by atoms with Gasteiger partial charge in [-0.1, -0.05) is 12.1 Å². The van der Waals surface area contributed by atoms with E-state index in [2.05, 4.69) is 22.4 Å². The summed E-state index contributed by atoms with van der Waals surface area (Å²) in [5.41, 5.74) is 2.07. The molecule has 0 saturated carbocycles. The number of nitrogens with zero attached hydrogens (tertiary/aromatic N) is 1. The molecule has 2 atom stereocenters. The maximum absolute atomic E-state index is 6.11. The SMILES string of the molecule is COc1cnc2cccc(OC[C@@H]3CC[C@@H](NCc4ccc5c(c4)OCCO5)CO3)c2c1. The molecule has 1 fully saturated rings. The molecule has 168 valence electrons. The van der Waals surface area contributed by atoms with Crippen molar-refractivity contribution in [1.29, 1.82) is 0 Å². The molecule has 5 rings (SSSR count). The minimum absolute atomic E-state index is 0.0798. The van der Waals surface area contributed by atoms with Crippen molar-refractivity contribution in [3.05, 3.63) is 54.2 Å². The number of ether oxygens (including phenoxy) is 5. The highest BCUT2D eigenvalue weighted by molar-refractivity contribution is 5.86. The Morgan fingerprint density at radius 3 is 2.81 bits per heavy atom. The summed E-state index contributed by atoms with van der Waals surface area (Å²) >= 11 is 0. The van der Waals surface area contributed by atoms with Crippen molar-refractivity contribution in [3.63, 3.8) is 0 Å². The number of hydrogen-bond donors (Lipinski definition) is 1. The van der Waals surface area contributed by atoms with Crippen LogP contribution in [0.1, 0.15) is 18.4 Å². The van der Waals surface area contributed by atoms with Crippen LogP contribution in [0.5, 0.6) is 23.0 Å². The van der Waals surface area contributed by atoms with E-state index < -0.39 is 0 Å². The lowest BCUT2D eigenvalue weighted by atomic mass is 10.0. The zero-order valence-electron chi connectivity index (χ0n) is 18.2. The van der Waals surface area contributed by atoms with Gasteiger partial charge in [0.15, 0.2) is 11.5 Å². The molecule has 1 N–H and O–H groups in total. The van der Waals surface area contributed by atoms with Gasteiger partial charge in [0, 0.05) is 18.0 Å². The molecule has 1 aromatic heterocycles. The summed E-state index contributed by atoms with van der Waals surface area (Å²) < 4.78 is 28.7. The number of methoxy groups -OCH3 is 1. The van der Waals surface area contributed by atoms with Gasteiger partial charge >= 0.3 is 0 Å². The Kier molecular flexibility index (Phi) is 6.27. The lowest BCUT2D eigenvalue weighted by Gasteiger charge is -2.30.